The molecule has 7 heteroatoms. The molecule has 2 heterocycles. The average molecular weight is 306 g/mol. The molecule has 5 nitrogen and oxygen atoms in total. The van der Waals surface area contributed by atoms with Crippen LogP contribution in [0.15, 0.2) is 36.7 Å². The molecule has 0 amide bonds. The van der Waals surface area contributed by atoms with E-state index in [0.29, 0.717) is 28.7 Å². The number of nitrogens with zero attached hydrogens (tertiary/aromatic N) is 4. The minimum absolute atomic E-state index is 0.279. The third kappa shape index (κ3) is 2.79. The van der Waals surface area contributed by atoms with Crippen molar-refractivity contribution in [2.75, 3.05) is 5.32 Å². The zero-order chi connectivity index (χ0) is 13.9. The maximum atomic E-state index is 6.05. The molecule has 0 atom stereocenters. The summed E-state index contributed by atoms with van der Waals surface area (Å²) in [5, 5.41) is 4.08. The summed E-state index contributed by atoms with van der Waals surface area (Å²) >= 11 is 11.9. The van der Waals surface area contributed by atoms with Crippen LogP contribution in [-0.4, -0.2) is 19.9 Å². The second kappa shape index (κ2) is 5.56. The largest absolute Gasteiger partial charge is 0.350 e. The van der Waals surface area contributed by atoms with E-state index in [2.05, 4.69) is 25.3 Å². The lowest BCUT2D eigenvalue weighted by molar-refractivity contribution is 1.06. The van der Waals surface area contributed by atoms with E-state index in [9.17, 15) is 0 Å². The molecule has 20 heavy (non-hydrogen) atoms. The average Bonchev–Trinajstić information content (AvgIpc) is 2.47. The number of halogens is 2. The van der Waals surface area contributed by atoms with Crippen molar-refractivity contribution in [2.45, 2.75) is 6.54 Å². The Morgan fingerprint density at radius 2 is 1.70 bits per heavy atom. The first-order valence-electron chi connectivity index (χ1n) is 5.85. The Morgan fingerprint density at radius 1 is 0.950 bits per heavy atom. The minimum atomic E-state index is 0.279. The van der Waals surface area contributed by atoms with Gasteiger partial charge in [0, 0.05) is 24.0 Å². The highest BCUT2D eigenvalue weighted by Gasteiger charge is 2.07. The van der Waals surface area contributed by atoms with Crippen LogP contribution in [0, 0.1) is 0 Å². The van der Waals surface area contributed by atoms with Crippen LogP contribution in [0.5, 0.6) is 0 Å². The summed E-state index contributed by atoms with van der Waals surface area (Å²) in [6, 6.07) is 7.52. The SMILES string of the molecule is Clc1ccc(CNc2nc(Cl)c3nccnc3n2)cc1. The molecule has 0 saturated carbocycles. The Kier molecular flexibility index (Phi) is 3.62. The van der Waals surface area contributed by atoms with E-state index in [1.807, 2.05) is 24.3 Å². The van der Waals surface area contributed by atoms with Crippen molar-refractivity contribution in [1.29, 1.82) is 0 Å². The smallest absolute Gasteiger partial charge is 0.226 e. The Bertz CT molecular complexity index is 745. The zero-order valence-corrected chi connectivity index (χ0v) is 11.7. The Morgan fingerprint density at radius 3 is 2.50 bits per heavy atom. The van der Waals surface area contributed by atoms with E-state index >= 15 is 0 Å². The van der Waals surface area contributed by atoms with Gasteiger partial charge in [0.05, 0.1) is 0 Å². The summed E-state index contributed by atoms with van der Waals surface area (Å²) in [7, 11) is 0. The molecule has 0 fully saturated rings. The predicted octanol–water partition coefficient (Wildman–Crippen LogP) is 3.34. The fourth-order valence-corrected chi connectivity index (χ4v) is 2.03. The molecule has 0 unspecified atom stereocenters. The summed E-state index contributed by atoms with van der Waals surface area (Å²) in [6.07, 6.45) is 3.12. The van der Waals surface area contributed by atoms with Gasteiger partial charge >= 0.3 is 0 Å². The van der Waals surface area contributed by atoms with Crippen LogP contribution < -0.4 is 5.32 Å². The van der Waals surface area contributed by atoms with Crippen LogP contribution in [0.25, 0.3) is 11.2 Å². The second-order valence-corrected chi connectivity index (χ2v) is 4.84. The molecule has 0 aliphatic heterocycles. The minimum Gasteiger partial charge on any atom is -0.350 e. The fraction of sp³-hybridized carbons (Fsp3) is 0.0769. The lowest BCUT2D eigenvalue weighted by atomic mass is 10.2. The highest BCUT2D eigenvalue weighted by atomic mass is 35.5. The molecule has 3 aromatic rings. The van der Waals surface area contributed by atoms with Crippen LogP contribution in [-0.2, 0) is 6.54 Å². The van der Waals surface area contributed by atoms with Gasteiger partial charge in [-0.25, -0.2) is 9.97 Å². The first kappa shape index (κ1) is 13.0. The van der Waals surface area contributed by atoms with E-state index in [-0.39, 0.29) is 5.15 Å². The highest BCUT2D eigenvalue weighted by molar-refractivity contribution is 6.33. The van der Waals surface area contributed by atoms with Crippen molar-refractivity contribution in [3.63, 3.8) is 0 Å². The third-order valence-electron chi connectivity index (χ3n) is 2.65. The van der Waals surface area contributed by atoms with Crippen molar-refractivity contribution >= 4 is 40.3 Å². The van der Waals surface area contributed by atoms with Crippen LogP contribution in [0.1, 0.15) is 5.56 Å². The Balaban J connectivity index is 1.82. The Labute approximate surface area is 125 Å². The van der Waals surface area contributed by atoms with E-state index in [4.69, 9.17) is 23.2 Å². The molecular formula is C13H9Cl2N5. The number of nitrogens with one attached hydrogen (secondary N) is 1. The van der Waals surface area contributed by atoms with Crippen LogP contribution in [0.3, 0.4) is 0 Å². The van der Waals surface area contributed by atoms with E-state index in [0.717, 1.165) is 5.56 Å². The molecule has 1 N–H and O–H groups in total. The van der Waals surface area contributed by atoms with Gasteiger partial charge in [0.2, 0.25) is 5.95 Å². The van der Waals surface area contributed by atoms with Crippen molar-refractivity contribution in [3.8, 4) is 0 Å². The first-order valence-corrected chi connectivity index (χ1v) is 6.60. The van der Waals surface area contributed by atoms with Gasteiger partial charge in [-0.2, -0.15) is 9.97 Å². The van der Waals surface area contributed by atoms with E-state index in [1.165, 1.54) is 0 Å². The number of hydrogen-bond acceptors (Lipinski definition) is 5. The number of anilines is 1. The van der Waals surface area contributed by atoms with Crippen molar-refractivity contribution in [1.82, 2.24) is 19.9 Å². The summed E-state index contributed by atoms with van der Waals surface area (Å²) in [4.78, 5) is 16.6. The van der Waals surface area contributed by atoms with Gasteiger partial charge < -0.3 is 5.32 Å². The summed E-state index contributed by atoms with van der Waals surface area (Å²) < 4.78 is 0. The third-order valence-corrected chi connectivity index (χ3v) is 3.17. The van der Waals surface area contributed by atoms with Crippen LogP contribution in [0.4, 0.5) is 5.95 Å². The summed E-state index contributed by atoms with van der Waals surface area (Å²) in [6.45, 7) is 0.569. The molecule has 0 spiro atoms. The zero-order valence-electron chi connectivity index (χ0n) is 10.2. The Hall–Kier alpha value is -1.98. The number of rotatable bonds is 3. The molecule has 100 valence electrons. The molecule has 0 bridgehead atoms. The van der Waals surface area contributed by atoms with E-state index in [1.54, 1.807) is 12.4 Å². The number of benzene rings is 1. The maximum absolute atomic E-state index is 6.05. The number of fused-ring (bicyclic) bond motifs is 1. The van der Waals surface area contributed by atoms with Crippen molar-refractivity contribution in [3.05, 3.63) is 52.4 Å². The van der Waals surface area contributed by atoms with Gasteiger partial charge in [0.25, 0.3) is 0 Å². The van der Waals surface area contributed by atoms with Gasteiger partial charge in [-0.15, -0.1) is 0 Å². The first-order chi connectivity index (χ1) is 9.72. The molecule has 0 radical (unpaired) electrons. The van der Waals surface area contributed by atoms with Gasteiger partial charge in [-0.1, -0.05) is 35.3 Å². The molecule has 2 aromatic heterocycles. The number of aromatic nitrogens is 4. The van der Waals surface area contributed by atoms with Crippen LogP contribution >= 0.6 is 23.2 Å². The normalized spacial score (nSPS) is 10.7. The van der Waals surface area contributed by atoms with Gasteiger partial charge in [-0.05, 0) is 17.7 Å². The quantitative estimate of drug-likeness (QED) is 0.752. The molecular weight excluding hydrogens is 297 g/mol. The molecule has 3 rings (SSSR count). The maximum Gasteiger partial charge on any atom is 0.226 e. The lowest BCUT2D eigenvalue weighted by Gasteiger charge is -2.06. The number of hydrogen-bond donors (Lipinski definition) is 1. The van der Waals surface area contributed by atoms with Crippen LogP contribution in [0.2, 0.25) is 10.2 Å². The fourth-order valence-electron chi connectivity index (χ4n) is 1.69. The second-order valence-electron chi connectivity index (χ2n) is 4.05. The van der Waals surface area contributed by atoms with Crippen molar-refractivity contribution < 1.29 is 0 Å². The molecule has 1 aromatic carbocycles. The molecule has 0 saturated heterocycles. The van der Waals surface area contributed by atoms with E-state index < -0.39 is 0 Å². The predicted molar refractivity (Wildman–Crippen MR) is 78.9 cm³/mol. The van der Waals surface area contributed by atoms with Gasteiger partial charge in [0.1, 0.15) is 5.52 Å². The summed E-state index contributed by atoms with van der Waals surface area (Å²) in [5.74, 6) is 0.415. The van der Waals surface area contributed by atoms with Gasteiger partial charge in [0.15, 0.2) is 10.8 Å². The highest BCUT2D eigenvalue weighted by Crippen LogP contribution is 2.18. The summed E-state index contributed by atoms with van der Waals surface area (Å²) in [5.41, 5.74) is 2.02. The van der Waals surface area contributed by atoms with Gasteiger partial charge in [-0.3, -0.25) is 0 Å². The van der Waals surface area contributed by atoms with Crippen molar-refractivity contribution in [2.24, 2.45) is 0 Å². The molecule has 0 aliphatic carbocycles. The topological polar surface area (TPSA) is 63.6 Å². The molecule has 0 aliphatic rings. The lowest BCUT2D eigenvalue weighted by Crippen LogP contribution is -2.04. The standard InChI is InChI=1S/C13H9Cl2N5/c14-9-3-1-8(2-4-9)7-18-13-19-11(15)10-12(20-13)17-6-5-16-10/h1-6H,7H2,(H,17,18,19,20). The monoisotopic (exact) mass is 305 g/mol.